The van der Waals surface area contributed by atoms with Crippen molar-refractivity contribution in [2.75, 3.05) is 23.7 Å². The third-order valence-corrected chi connectivity index (χ3v) is 11.1. The highest BCUT2D eigenvalue weighted by atomic mass is 32.2. The van der Waals surface area contributed by atoms with Crippen LogP contribution in [0.5, 0.6) is 5.75 Å². The van der Waals surface area contributed by atoms with Gasteiger partial charge in [-0.05, 0) is 38.3 Å². The molecule has 0 amide bonds. The van der Waals surface area contributed by atoms with Crippen molar-refractivity contribution in [1.29, 1.82) is 0 Å². The van der Waals surface area contributed by atoms with Crippen molar-refractivity contribution in [3.63, 3.8) is 0 Å². The highest BCUT2D eigenvalue weighted by Crippen LogP contribution is 2.45. The quantitative estimate of drug-likeness (QED) is 0.283. The highest BCUT2D eigenvalue weighted by molar-refractivity contribution is 7.91. The molecule has 0 bridgehead atoms. The molecule has 0 saturated heterocycles. The SMILES string of the molecule is CCN(CC)S(=O)(=O)c1sc(C)c(Nc2n[s+]([O-])nc2N[C@@H](c2cc(C)c(C)s2)C(C)C)c1O. The Balaban J connectivity index is 1.96. The lowest BCUT2D eigenvalue weighted by Crippen LogP contribution is -2.30. The van der Waals surface area contributed by atoms with Crippen LogP contribution in [0.25, 0.3) is 0 Å². The first-order chi connectivity index (χ1) is 15.9. The molecule has 3 aromatic rings. The van der Waals surface area contributed by atoms with E-state index in [0.717, 1.165) is 16.2 Å². The number of anilines is 3. The van der Waals surface area contributed by atoms with E-state index in [0.29, 0.717) is 23.8 Å². The molecular formula is C21H31N5O4S4. The maximum absolute atomic E-state index is 13.0. The average molecular weight is 546 g/mol. The van der Waals surface area contributed by atoms with Gasteiger partial charge in [0.25, 0.3) is 10.0 Å². The van der Waals surface area contributed by atoms with Gasteiger partial charge in [-0.2, -0.15) is 4.31 Å². The molecular weight excluding hydrogens is 515 g/mol. The van der Waals surface area contributed by atoms with Crippen molar-refractivity contribution in [3.8, 4) is 5.75 Å². The Bertz CT molecular complexity index is 1240. The summed E-state index contributed by atoms with van der Waals surface area (Å²) in [5.41, 5.74) is 1.42. The molecule has 0 saturated carbocycles. The van der Waals surface area contributed by atoms with Crippen LogP contribution in [0.15, 0.2) is 10.3 Å². The molecule has 0 aliphatic carbocycles. The maximum Gasteiger partial charge on any atom is 0.256 e. The van der Waals surface area contributed by atoms with Crippen LogP contribution in [0.1, 0.15) is 53.9 Å². The molecule has 13 heteroatoms. The summed E-state index contributed by atoms with van der Waals surface area (Å²) < 4.78 is 47.5. The van der Waals surface area contributed by atoms with Crippen LogP contribution >= 0.6 is 33.8 Å². The number of aromatic hydroxyl groups is 1. The van der Waals surface area contributed by atoms with E-state index in [9.17, 15) is 18.1 Å². The minimum atomic E-state index is -3.84. The second-order valence-electron chi connectivity index (χ2n) is 8.25. The number of nitrogens with one attached hydrogen (secondary N) is 2. The van der Waals surface area contributed by atoms with Crippen LogP contribution in [0, 0.1) is 26.7 Å². The molecule has 3 heterocycles. The summed E-state index contributed by atoms with van der Waals surface area (Å²) in [6.45, 7) is 14.1. The van der Waals surface area contributed by atoms with Crippen LogP contribution in [0.3, 0.4) is 0 Å². The Morgan fingerprint density at radius 2 is 1.74 bits per heavy atom. The zero-order chi connectivity index (χ0) is 25.4. The van der Waals surface area contributed by atoms with E-state index in [-0.39, 0.29) is 33.4 Å². The zero-order valence-electron chi connectivity index (χ0n) is 20.3. The Morgan fingerprint density at radius 1 is 1.12 bits per heavy atom. The molecule has 0 spiro atoms. The van der Waals surface area contributed by atoms with Crippen LogP contribution in [0.2, 0.25) is 0 Å². The minimum absolute atomic E-state index is 0.0889. The van der Waals surface area contributed by atoms with Crippen LogP contribution in [0.4, 0.5) is 17.3 Å². The summed E-state index contributed by atoms with van der Waals surface area (Å²) in [5, 5.41) is 17.2. The van der Waals surface area contributed by atoms with Crippen molar-refractivity contribution in [3.05, 3.63) is 26.3 Å². The first-order valence-electron chi connectivity index (χ1n) is 10.9. The largest absolute Gasteiger partial charge is 0.546 e. The predicted octanol–water partition coefficient (Wildman–Crippen LogP) is 5.54. The molecule has 3 aromatic heterocycles. The van der Waals surface area contributed by atoms with E-state index >= 15 is 0 Å². The van der Waals surface area contributed by atoms with Gasteiger partial charge in [-0.15, -0.1) is 22.7 Å². The van der Waals surface area contributed by atoms with Crippen LogP contribution < -0.4 is 10.6 Å². The van der Waals surface area contributed by atoms with Gasteiger partial charge >= 0.3 is 0 Å². The van der Waals surface area contributed by atoms with E-state index in [1.807, 2.05) is 0 Å². The minimum Gasteiger partial charge on any atom is -0.546 e. The van der Waals surface area contributed by atoms with Crippen molar-refractivity contribution < 1.29 is 18.1 Å². The van der Waals surface area contributed by atoms with Crippen molar-refractivity contribution >= 4 is 61.2 Å². The summed E-state index contributed by atoms with van der Waals surface area (Å²) in [6.07, 6.45) is 0. The lowest BCUT2D eigenvalue weighted by atomic mass is 10.0. The Hall–Kier alpha value is -1.77. The molecule has 9 nitrogen and oxygen atoms in total. The van der Waals surface area contributed by atoms with E-state index in [1.165, 1.54) is 14.7 Å². The van der Waals surface area contributed by atoms with Gasteiger partial charge in [0.15, 0.2) is 21.1 Å². The Labute approximate surface area is 212 Å². The maximum atomic E-state index is 13.0. The number of hydrogen-bond donors (Lipinski definition) is 3. The molecule has 0 aliphatic rings. The first-order valence-corrected chi connectivity index (χ1v) is 15.1. The van der Waals surface area contributed by atoms with Gasteiger partial charge in [0, 0.05) is 36.5 Å². The monoisotopic (exact) mass is 545 g/mol. The van der Waals surface area contributed by atoms with Gasteiger partial charge in [-0.3, -0.25) is 0 Å². The normalized spacial score (nSPS) is 13.6. The third kappa shape index (κ3) is 5.24. The first kappa shape index (κ1) is 26.8. The lowest BCUT2D eigenvalue weighted by molar-refractivity contribution is 0.434. The van der Waals surface area contributed by atoms with Crippen molar-refractivity contribution in [1.82, 2.24) is 13.1 Å². The van der Waals surface area contributed by atoms with Crippen LogP contribution in [-0.4, -0.2) is 44.2 Å². The fraction of sp³-hybridized carbons (Fsp3) is 0.524. The predicted molar refractivity (Wildman–Crippen MR) is 140 cm³/mol. The lowest BCUT2D eigenvalue weighted by Gasteiger charge is -2.21. The summed E-state index contributed by atoms with van der Waals surface area (Å²) >= 11 is 0.850. The van der Waals surface area contributed by atoms with E-state index in [2.05, 4.69) is 53.1 Å². The molecule has 3 rings (SSSR count). The number of sulfonamides is 1. The van der Waals surface area contributed by atoms with E-state index in [1.54, 1.807) is 32.1 Å². The van der Waals surface area contributed by atoms with Gasteiger partial charge in [0.05, 0.1) is 11.7 Å². The number of nitrogens with zero attached hydrogens (tertiary/aromatic N) is 3. The van der Waals surface area contributed by atoms with Gasteiger partial charge in [0.1, 0.15) is 0 Å². The van der Waals surface area contributed by atoms with Gasteiger partial charge in [-0.25, -0.2) is 8.42 Å². The topological polar surface area (TPSA) is 131 Å². The average Bonchev–Trinajstić information content (AvgIpc) is 3.37. The van der Waals surface area contributed by atoms with Crippen molar-refractivity contribution in [2.45, 2.75) is 58.7 Å². The number of rotatable bonds is 10. The molecule has 0 fully saturated rings. The zero-order valence-corrected chi connectivity index (χ0v) is 23.6. The molecule has 0 aliphatic heterocycles. The fourth-order valence-electron chi connectivity index (χ4n) is 3.54. The number of hydrogen-bond acceptors (Lipinski definition) is 10. The standard InChI is InChI=1S/C21H31N5O4S4/c1-8-26(9-2)34(29,30)21-18(27)17(14(7)32-21)23-20-19(24-33(28)25-20)22-16(11(3)4)15-10-12(5)13(6)31-15/h10-11,16,27H,8-9H2,1-7H3,(H,22,24)(H,23,25)/t16-,33?/m1/s1. The van der Waals surface area contributed by atoms with E-state index in [4.69, 9.17) is 0 Å². The Kier molecular flexibility index (Phi) is 8.26. The molecule has 188 valence electrons. The number of aryl methyl sites for hydroxylation is 3. The summed E-state index contributed by atoms with van der Waals surface area (Å²) in [7, 11) is -3.84. The number of aromatic nitrogens is 2. The van der Waals surface area contributed by atoms with E-state index < -0.39 is 21.2 Å². The number of thiophene rings is 2. The van der Waals surface area contributed by atoms with Crippen molar-refractivity contribution in [2.24, 2.45) is 5.92 Å². The summed E-state index contributed by atoms with van der Waals surface area (Å²) in [4.78, 5) is 2.92. The third-order valence-electron chi connectivity index (χ3n) is 5.56. The second-order valence-corrected chi connectivity index (χ2v) is 13.7. The summed E-state index contributed by atoms with van der Waals surface area (Å²) in [6, 6.07) is 2.04. The molecule has 0 aromatic carbocycles. The molecule has 34 heavy (non-hydrogen) atoms. The Morgan fingerprint density at radius 3 is 2.26 bits per heavy atom. The molecule has 0 radical (unpaired) electrons. The fourth-order valence-corrected chi connectivity index (χ4v) is 8.53. The second kappa shape index (κ2) is 10.5. The van der Waals surface area contributed by atoms with Gasteiger partial charge in [0.2, 0.25) is 11.6 Å². The highest BCUT2D eigenvalue weighted by Gasteiger charge is 2.32. The molecule has 1 unspecified atom stereocenters. The van der Waals surface area contributed by atoms with Crippen LogP contribution in [-0.2, 0) is 10.0 Å². The summed E-state index contributed by atoms with van der Waals surface area (Å²) in [5.74, 6) is 0.326. The smallest absolute Gasteiger partial charge is 0.256 e. The molecule has 3 N–H and O–H groups in total. The van der Waals surface area contributed by atoms with Gasteiger partial charge in [-0.1, -0.05) is 27.7 Å². The van der Waals surface area contributed by atoms with Gasteiger partial charge < -0.3 is 20.3 Å². The molecule has 2 atom stereocenters.